The van der Waals surface area contributed by atoms with Crippen LogP contribution in [0.2, 0.25) is 0 Å². The van der Waals surface area contributed by atoms with E-state index in [2.05, 4.69) is 20.0 Å². The van der Waals surface area contributed by atoms with E-state index in [0.717, 1.165) is 5.56 Å². The van der Waals surface area contributed by atoms with Crippen molar-refractivity contribution in [3.05, 3.63) is 34.1 Å². The number of rotatable bonds is 5. The van der Waals surface area contributed by atoms with E-state index in [1.807, 2.05) is 0 Å². The molecule has 8 nitrogen and oxygen atoms in total. The number of ether oxygens (including phenoxy) is 1. The average Bonchev–Trinajstić information content (AvgIpc) is 3.17. The molecule has 1 amide bonds. The first-order valence-corrected chi connectivity index (χ1v) is 7.88. The maximum absolute atomic E-state index is 11.8. The van der Waals surface area contributed by atoms with Gasteiger partial charge in [-0.2, -0.15) is 0 Å². The van der Waals surface area contributed by atoms with Crippen LogP contribution in [0.1, 0.15) is 12.8 Å². The number of benzene rings is 1. The summed E-state index contributed by atoms with van der Waals surface area (Å²) in [6, 6.07) is 5.20. The van der Waals surface area contributed by atoms with E-state index in [9.17, 15) is 14.4 Å². The van der Waals surface area contributed by atoms with E-state index in [1.165, 1.54) is 18.4 Å². The largest absolute Gasteiger partial charge is 0.469 e. The van der Waals surface area contributed by atoms with Crippen molar-refractivity contribution in [3.8, 4) is 11.3 Å². The zero-order valence-corrected chi connectivity index (χ0v) is 13.4. The van der Waals surface area contributed by atoms with Crippen LogP contribution in [0, 0.1) is 0 Å². The molecular formula is C15H13N3O5S. The molecule has 3 rings (SSSR count). The van der Waals surface area contributed by atoms with Crippen LogP contribution < -0.4 is 11.1 Å². The number of methoxy groups -OCH3 is 1. The summed E-state index contributed by atoms with van der Waals surface area (Å²) in [6.45, 7) is 0. The zero-order chi connectivity index (χ0) is 17.1. The third kappa shape index (κ3) is 3.51. The Morgan fingerprint density at radius 2 is 2.21 bits per heavy atom. The first-order chi connectivity index (χ1) is 11.5. The highest BCUT2D eigenvalue weighted by atomic mass is 32.1. The molecule has 0 unspecified atom stereocenters. The van der Waals surface area contributed by atoms with Gasteiger partial charge >= 0.3 is 11.7 Å². The third-order valence-corrected chi connectivity index (χ3v) is 4.01. The van der Waals surface area contributed by atoms with Crippen molar-refractivity contribution in [2.45, 2.75) is 12.8 Å². The molecule has 2 N–H and O–H groups in total. The number of fused-ring (bicyclic) bond motifs is 1. The number of aromatic nitrogens is 2. The molecule has 0 bridgehead atoms. The molecule has 0 aliphatic carbocycles. The van der Waals surface area contributed by atoms with Crippen LogP contribution in [-0.2, 0) is 14.3 Å². The molecule has 3 aromatic rings. The number of H-pyrrole nitrogens is 1. The van der Waals surface area contributed by atoms with E-state index < -0.39 is 11.7 Å². The predicted molar refractivity (Wildman–Crippen MR) is 87.8 cm³/mol. The summed E-state index contributed by atoms with van der Waals surface area (Å²) in [5.41, 5.74) is 2.49. The van der Waals surface area contributed by atoms with Crippen molar-refractivity contribution >= 4 is 39.4 Å². The SMILES string of the molecule is COC(=O)CCC(=O)Nc1nc(-c2ccc3oc(=O)[nH]c3c2)cs1. The number of carbonyl (C=O) groups is 2. The van der Waals surface area contributed by atoms with Gasteiger partial charge in [-0.3, -0.25) is 14.6 Å². The molecule has 124 valence electrons. The number of oxazole rings is 1. The molecule has 1 aromatic carbocycles. The lowest BCUT2D eigenvalue weighted by atomic mass is 10.1. The predicted octanol–water partition coefficient (Wildman–Crippen LogP) is 2.14. The van der Waals surface area contributed by atoms with Gasteiger partial charge < -0.3 is 14.5 Å². The van der Waals surface area contributed by atoms with Crippen LogP contribution >= 0.6 is 11.3 Å². The highest BCUT2D eigenvalue weighted by Crippen LogP contribution is 2.27. The number of nitrogens with zero attached hydrogens (tertiary/aromatic N) is 1. The third-order valence-electron chi connectivity index (χ3n) is 3.25. The number of anilines is 1. The number of thiazole rings is 1. The van der Waals surface area contributed by atoms with Crippen molar-refractivity contribution in [1.29, 1.82) is 0 Å². The van der Waals surface area contributed by atoms with Gasteiger partial charge in [-0.1, -0.05) is 0 Å². The van der Waals surface area contributed by atoms with Gasteiger partial charge in [0.2, 0.25) is 5.91 Å². The molecule has 9 heteroatoms. The quantitative estimate of drug-likeness (QED) is 0.683. The van der Waals surface area contributed by atoms with E-state index in [0.29, 0.717) is 21.9 Å². The minimum atomic E-state index is -0.515. The van der Waals surface area contributed by atoms with Gasteiger partial charge in [0.1, 0.15) is 0 Å². The van der Waals surface area contributed by atoms with Gasteiger partial charge in [-0.15, -0.1) is 11.3 Å². The Balaban J connectivity index is 1.71. The number of esters is 1. The van der Waals surface area contributed by atoms with Gasteiger partial charge in [0, 0.05) is 17.4 Å². The second-order valence-corrected chi connectivity index (χ2v) is 5.75. The van der Waals surface area contributed by atoms with E-state index >= 15 is 0 Å². The first kappa shape index (κ1) is 15.9. The topological polar surface area (TPSA) is 114 Å². The highest BCUT2D eigenvalue weighted by molar-refractivity contribution is 7.14. The molecule has 0 radical (unpaired) electrons. The number of amides is 1. The van der Waals surface area contributed by atoms with E-state index in [-0.39, 0.29) is 18.7 Å². The molecule has 0 fully saturated rings. The second-order valence-electron chi connectivity index (χ2n) is 4.89. The minimum absolute atomic E-state index is 0.0189. The first-order valence-electron chi connectivity index (χ1n) is 7.00. The van der Waals surface area contributed by atoms with Crippen molar-refractivity contribution < 1.29 is 18.7 Å². The van der Waals surface area contributed by atoms with Gasteiger partial charge in [0.15, 0.2) is 10.7 Å². The Morgan fingerprint density at radius 3 is 3.00 bits per heavy atom. The summed E-state index contributed by atoms with van der Waals surface area (Å²) in [6.07, 6.45) is 0.0505. The summed E-state index contributed by atoms with van der Waals surface area (Å²) in [5.74, 6) is -1.26. The van der Waals surface area contributed by atoms with Crippen molar-refractivity contribution in [2.75, 3.05) is 12.4 Å². The Kier molecular flexibility index (Phi) is 4.43. The molecule has 0 saturated carbocycles. The summed E-state index contributed by atoms with van der Waals surface area (Å²) < 4.78 is 9.43. The summed E-state index contributed by atoms with van der Waals surface area (Å²) in [5, 5.41) is 4.86. The lowest BCUT2D eigenvalue weighted by Crippen LogP contribution is -2.13. The standard InChI is InChI=1S/C15H13N3O5S/c1-22-13(20)5-4-12(19)18-14-16-10(7-24-14)8-2-3-11-9(6-8)17-15(21)23-11/h2-3,6-7H,4-5H2,1H3,(H,17,21)(H,16,18,19). The number of hydrogen-bond acceptors (Lipinski definition) is 7. The summed E-state index contributed by atoms with van der Waals surface area (Å²) in [4.78, 5) is 40.9. The lowest BCUT2D eigenvalue weighted by molar-refractivity contribution is -0.141. The van der Waals surface area contributed by atoms with Crippen molar-refractivity contribution in [2.24, 2.45) is 0 Å². The van der Waals surface area contributed by atoms with Crippen LogP contribution in [0.5, 0.6) is 0 Å². The fraction of sp³-hybridized carbons (Fsp3) is 0.200. The van der Waals surface area contributed by atoms with Crippen molar-refractivity contribution in [3.63, 3.8) is 0 Å². The van der Waals surface area contributed by atoms with Crippen LogP contribution in [0.15, 0.2) is 32.8 Å². The summed E-state index contributed by atoms with van der Waals surface area (Å²) in [7, 11) is 1.28. The number of aromatic amines is 1. The smallest absolute Gasteiger partial charge is 0.417 e. The lowest BCUT2D eigenvalue weighted by Gasteiger charge is -2.01. The monoisotopic (exact) mass is 347 g/mol. The average molecular weight is 347 g/mol. The molecule has 2 aromatic heterocycles. The molecule has 0 saturated heterocycles. The van der Waals surface area contributed by atoms with Crippen LogP contribution in [0.3, 0.4) is 0 Å². The van der Waals surface area contributed by atoms with E-state index in [1.54, 1.807) is 23.6 Å². The molecule has 2 heterocycles. The van der Waals surface area contributed by atoms with Crippen LogP contribution in [-0.4, -0.2) is 29.0 Å². The molecule has 0 spiro atoms. The maximum Gasteiger partial charge on any atom is 0.417 e. The Morgan fingerprint density at radius 1 is 1.38 bits per heavy atom. The van der Waals surface area contributed by atoms with Gasteiger partial charge in [-0.05, 0) is 18.2 Å². The highest BCUT2D eigenvalue weighted by Gasteiger charge is 2.11. The molecule has 0 atom stereocenters. The normalized spacial score (nSPS) is 10.7. The fourth-order valence-electron chi connectivity index (χ4n) is 2.07. The van der Waals surface area contributed by atoms with Gasteiger partial charge in [0.25, 0.3) is 0 Å². The Bertz CT molecular complexity index is 955. The Hall–Kier alpha value is -2.94. The van der Waals surface area contributed by atoms with Gasteiger partial charge in [-0.25, -0.2) is 9.78 Å². The molecule has 0 aliphatic heterocycles. The number of hydrogen-bond donors (Lipinski definition) is 2. The van der Waals surface area contributed by atoms with E-state index in [4.69, 9.17) is 4.42 Å². The molecule has 0 aliphatic rings. The molecule has 24 heavy (non-hydrogen) atoms. The fourth-order valence-corrected chi connectivity index (χ4v) is 2.81. The van der Waals surface area contributed by atoms with Crippen LogP contribution in [0.4, 0.5) is 5.13 Å². The molecular weight excluding hydrogens is 334 g/mol. The number of carbonyl (C=O) groups excluding carboxylic acids is 2. The maximum atomic E-state index is 11.8. The van der Waals surface area contributed by atoms with Crippen molar-refractivity contribution in [1.82, 2.24) is 9.97 Å². The van der Waals surface area contributed by atoms with Crippen LogP contribution in [0.25, 0.3) is 22.4 Å². The summed E-state index contributed by atoms with van der Waals surface area (Å²) >= 11 is 1.27. The number of nitrogens with one attached hydrogen (secondary N) is 2. The zero-order valence-electron chi connectivity index (χ0n) is 12.6. The van der Waals surface area contributed by atoms with Gasteiger partial charge in [0.05, 0.1) is 24.7 Å². The Labute approximate surface area is 139 Å². The minimum Gasteiger partial charge on any atom is -0.469 e. The second kappa shape index (κ2) is 6.67.